The van der Waals surface area contributed by atoms with Crippen LogP contribution in [0.3, 0.4) is 0 Å². The molecule has 3 heterocycles. The van der Waals surface area contributed by atoms with Crippen molar-refractivity contribution in [3.8, 4) is 5.69 Å². The first-order chi connectivity index (χ1) is 14.0. The van der Waals surface area contributed by atoms with Crippen molar-refractivity contribution in [1.29, 1.82) is 0 Å². The molecule has 1 aromatic carbocycles. The lowest BCUT2D eigenvalue weighted by Crippen LogP contribution is -2.15. The number of tetrazole rings is 1. The molecule has 148 valence electrons. The Morgan fingerprint density at radius 1 is 1.28 bits per heavy atom. The molecule has 0 aliphatic heterocycles. The van der Waals surface area contributed by atoms with Gasteiger partial charge in [-0.25, -0.2) is 4.98 Å². The van der Waals surface area contributed by atoms with Crippen LogP contribution in [0, 0.1) is 13.8 Å². The Morgan fingerprint density at radius 3 is 3.00 bits per heavy atom. The van der Waals surface area contributed by atoms with E-state index in [0.29, 0.717) is 15.8 Å². The highest BCUT2D eigenvalue weighted by Crippen LogP contribution is 2.21. The number of aryl methyl sites for hydroxylation is 2. The number of esters is 1. The molecule has 0 spiro atoms. The van der Waals surface area contributed by atoms with Gasteiger partial charge in [-0.2, -0.15) is 4.68 Å². The number of carbonyl (C=O) groups is 1. The summed E-state index contributed by atoms with van der Waals surface area (Å²) in [5.74, 6) is -0.412. The van der Waals surface area contributed by atoms with Crippen LogP contribution in [-0.4, -0.2) is 41.3 Å². The molecule has 0 unspecified atom stereocenters. The summed E-state index contributed by atoms with van der Waals surface area (Å²) < 4.78 is 8.30. The Bertz CT molecular complexity index is 1250. The molecule has 0 N–H and O–H groups in total. The third-order valence-electron chi connectivity index (χ3n) is 4.09. The normalized spacial score (nSPS) is 11.1. The maximum Gasteiger partial charge on any atom is 0.316 e. The fourth-order valence-electron chi connectivity index (χ4n) is 2.65. The van der Waals surface area contributed by atoms with Crippen LogP contribution in [0.5, 0.6) is 0 Å². The average Bonchev–Trinajstić information content (AvgIpc) is 3.36. The van der Waals surface area contributed by atoms with E-state index in [4.69, 9.17) is 4.74 Å². The second-order valence-corrected chi connectivity index (χ2v) is 8.07. The highest BCUT2D eigenvalue weighted by Gasteiger charge is 2.14. The molecule has 9 nitrogen and oxygen atoms in total. The third kappa shape index (κ3) is 4.20. The zero-order valence-corrected chi connectivity index (χ0v) is 17.2. The molecule has 11 heteroatoms. The van der Waals surface area contributed by atoms with Crippen molar-refractivity contribution in [2.75, 3.05) is 5.75 Å². The van der Waals surface area contributed by atoms with Gasteiger partial charge < -0.3 is 4.74 Å². The van der Waals surface area contributed by atoms with Crippen molar-refractivity contribution < 1.29 is 9.53 Å². The van der Waals surface area contributed by atoms with Crippen molar-refractivity contribution in [1.82, 2.24) is 29.6 Å². The predicted octanol–water partition coefficient (Wildman–Crippen LogP) is 2.18. The smallest absolute Gasteiger partial charge is 0.316 e. The summed E-state index contributed by atoms with van der Waals surface area (Å²) in [4.78, 5) is 29.0. The van der Waals surface area contributed by atoms with Crippen molar-refractivity contribution in [3.63, 3.8) is 0 Å². The van der Waals surface area contributed by atoms with Crippen LogP contribution in [0.25, 0.3) is 10.6 Å². The van der Waals surface area contributed by atoms with Gasteiger partial charge in [0, 0.05) is 17.6 Å². The van der Waals surface area contributed by atoms with Gasteiger partial charge in [0.2, 0.25) is 5.16 Å². The molecule has 29 heavy (non-hydrogen) atoms. The summed E-state index contributed by atoms with van der Waals surface area (Å²) in [5.41, 5.74) is 3.18. The second kappa shape index (κ2) is 8.13. The summed E-state index contributed by atoms with van der Waals surface area (Å²) in [5, 5.41) is 14.0. The minimum Gasteiger partial charge on any atom is -0.459 e. The van der Waals surface area contributed by atoms with Gasteiger partial charge in [0.25, 0.3) is 5.56 Å². The van der Waals surface area contributed by atoms with Crippen LogP contribution >= 0.6 is 23.1 Å². The van der Waals surface area contributed by atoms with E-state index in [0.717, 1.165) is 16.8 Å². The van der Waals surface area contributed by atoms with Crippen LogP contribution in [0.15, 0.2) is 45.8 Å². The van der Waals surface area contributed by atoms with E-state index in [9.17, 15) is 9.59 Å². The largest absolute Gasteiger partial charge is 0.459 e. The Hall–Kier alpha value is -3.05. The van der Waals surface area contributed by atoms with Gasteiger partial charge in [-0.3, -0.25) is 14.0 Å². The maximum absolute atomic E-state index is 12.1. The molecule has 0 saturated heterocycles. The number of aromatic nitrogens is 6. The SMILES string of the molecule is Cc1ccc(C)c(-n2nnnc2SCC(=O)OCc2cc(=O)n3ccsc3n2)c1. The first-order valence-corrected chi connectivity index (χ1v) is 10.5. The van der Waals surface area contributed by atoms with Gasteiger partial charge in [-0.1, -0.05) is 23.9 Å². The quantitative estimate of drug-likeness (QED) is 0.340. The molecule has 0 aliphatic rings. The number of thiazole rings is 1. The van der Waals surface area contributed by atoms with Crippen molar-refractivity contribution in [3.05, 3.63) is 63.0 Å². The lowest BCUT2D eigenvalue weighted by atomic mass is 10.1. The molecule has 4 rings (SSSR count). The monoisotopic (exact) mass is 428 g/mol. The molecule has 0 bridgehead atoms. The first-order valence-electron chi connectivity index (χ1n) is 8.61. The number of thioether (sulfide) groups is 1. The van der Waals surface area contributed by atoms with Crippen LogP contribution in [0.2, 0.25) is 0 Å². The number of rotatable bonds is 6. The van der Waals surface area contributed by atoms with E-state index < -0.39 is 5.97 Å². The Kier molecular flexibility index (Phi) is 5.41. The Balaban J connectivity index is 1.39. The molecule has 0 aliphatic carbocycles. The Labute approximate surface area is 173 Å². The Morgan fingerprint density at radius 2 is 2.14 bits per heavy atom. The number of nitrogens with zero attached hydrogens (tertiary/aromatic N) is 6. The van der Waals surface area contributed by atoms with Crippen LogP contribution in [0.4, 0.5) is 0 Å². The molecule has 0 fully saturated rings. The molecule has 4 aromatic rings. The highest BCUT2D eigenvalue weighted by atomic mass is 32.2. The molecular weight excluding hydrogens is 412 g/mol. The lowest BCUT2D eigenvalue weighted by molar-refractivity contribution is -0.141. The summed E-state index contributed by atoms with van der Waals surface area (Å²) >= 11 is 2.52. The summed E-state index contributed by atoms with van der Waals surface area (Å²) in [6, 6.07) is 7.36. The number of hydrogen-bond acceptors (Lipinski definition) is 9. The fourth-order valence-corrected chi connectivity index (χ4v) is 4.07. The summed E-state index contributed by atoms with van der Waals surface area (Å²) in [6.45, 7) is 3.90. The lowest BCUT2D eigenvalue weighted by Gasteiger charge is -2.08. The van der Waals surface area contributed by atoms with Gasteiger partial charge in [0.05, 0.1) is 17.1 Å². The minimum atomic E-state index is -0.446. The zero-order chi connectivity index (χ0) is 20.4. The fraction of sp³-hybridized carbons (Fsp3) is 0.222. The maximum atomic E-state index is 12.1. The van der Waals surface area contributed by atoms with Crippen LogP contribution in [0.1, 0.15) is 16.8 Å². The van der Waals surface area contributed by atoms with E-state index in [-0.39, 0.29) is 17.9 Å². The van der Waals surface area contributed by atoms with E-state index in [1.807, 2.05) is 32.0 Å². The van der Waals surface area contributed by atoms with Gasteiger partial charge in [0.15, 0.2) is 4.96 Å². The topological polar surface area (TPSA) is 104 Å². The standard InChI is InChI=1S/C18H16N6O3S2/c1-11-3-4-12(2)14(7-11)24-18(20-21-22-24)29-10-16(26)27-9-13-8-15(25)23-5-6-28-17(23)19-13/h3-8H,9-10H2,1-2H3. The van der Waals surface area contributed by atoms with E-state index in [1.165, 1.54) is 33.6 Å². The first kappa shape index (κ1) is 19.3. The molecule has 0 atom stereocenters. The van der Waals surface area contributed by atoms with E-state index in [2.05, 4.69) is 20.5 Å². The van der Waals surface area contributed by atoms with E-state index >= 15 is 0 Å². The highest BCUT2D eigenvalue weighted by molar-refractivity contribution is 7.99. The summed E-state index contributed by atoms with van der Waals surface area (Å²) in [6.07, 6.45) is 1.65. The van der Waals surface area contributed by atoms with E-state index in [1.54, 1.807) is 16.3 Å². The minimum absolute atomic E-state index is 0.0332. The third-order valence-corrected chi connectivity index (χ3v) is 5.74. The van der Waals surface area contributed by atoms with Gasteiger partial charge in [-0.15, -0.1) is 16.4 Å². The molecule has 0 amide bonds. The average molecular weight is 428 g/mol. The number of ether oxygens (including phenoxy) is 1. The van der Waals surface area contributed by atoms with Crippen LogP contribution < -0.4 is 5.56 Å². The van der Waals surface area contributed by atoms with Gasteiger partial charge >= 0.3 is 5.97 Å². The van der Waals surface area contributed by atoms with Crippen molar-refractivity contribution >= 4 is 34.0 Å². The molecule has 0 radical (unpaired) electrons. The number of fused-ring (bicyclic) bond motifs is 1. The molecule has 0 saturated carbocycles. The van der Waals surface area contributed by atoms with Gasteiger partial charge in [0.1, 0.15) is 6.61 Å². The van der Waals surface area contributed by atoms with Crippen LogP contribution in [-0.2, 0) is 16.1 Å². The van der Waals surface area contributed by atoms with Gasteiger partial charge in [-0.05, 0) is 41.5 Å². The summed E-state index contributed by atoms with van der Waals surface area (Å²) in [7, 11) is 0. The molecular formula is C18H16N6O3S2. The zero-order valence-electron chi connectivity index (χ0n) is 15.6. The van der Waals surface area contributed by atoms with Crippen molar-refractivity contribution in [2.45, 2.75) is 25.6 Å². The van der Waals surface area contributed by atoms with Crippen molar-refractivity contribution in [2.24, 2.45) is 0 Å². The number of benzene rings is 1. The number of hydrogen-bond donors (Lipinski definition) is 0. The predicted molar refractivity (Wildman–Crippen MR) is 108 cm³/mol. The molecule has 3 aromatic heterocycles. The number of carbonyl (C=O) groups excluding carboxylic acids is 1. The second-order valence-electron chi connectivity index (χ2n) is 6.25.